The Bertz CT molecular complexity index is 953. The molecule has 0 unspecified atom stereocenters. The van der Waals surface area contributed by atoms with Crippen LogP contribution in [-0.2, 0) is 19.5 Å². The van der Waals surface area contributed by atoms with Crippen LogP contribution in [-0.4, -0.2) is 33.6 Å². The first kappa shape index (κ1) is 15.6. The summed E-state index contributed by atoms with van der Waals surface area (Å²) in [6, 6.07) is 9.35. The Morgan fingerprint density at radius 1 is 1.28 bits per heavy atom. The predicted octanol–water partition coefficient (Wildman–Crippen LogP) is 2.08. The van der Waals surface area contributed by atoms with Gasteiger partial charge in [0.2, 0.25) is 0 Å². The number of furan rings is 1. The molecule has 2 aromatic heterocycles. The van der Waals surface area contributed by atoms with Gasteiger partial charge in [-0.3, -0.25) is 4.57 Å². The highest BCUT2D eigenvalue weighted by Crippen LogP contribution is 2.19. The predicted molar refractivity (Wildman–Crippen MR) is 93.4 cm³/mol. The first-order valence-electron chi connectivity index (χ1n) is 8.48. The van der Waals surface area contributed by atoms with Crippen LogP contribution in [0.15, 0.2) is 45.8 Å². The van der Waals surface area contributed by atoms with E-state index in [1.807, 2.05) is 30.3 Å². The van der Waals surface area contributed by atoms with Crippen LogP contribution in [0.4, 0.5) is 4.79 Å². The van der Waals surface area contributed by atoms with E-state index in [1.165, 1.54) is 0 Å². The fraction of sp³-hybridized carbons (Fsp3) is 0.333. The second-order valence-electron chi connectivity index (χ2n) is 6.22. The molecule has 0 aliphatic carbocycles. The van der Waals surface area contributed by atoms with Crippen LogP contribution >= 0.6 is 0 Å². The third-order valence-electron chi connectivity index (χ3n) is 4.61. The Morgan fingerprint density at radius 3 is 3.08 bits per heavy atom. The number of aromatic amines is 1. The van der Waals surface area contributed by atoms with Crippen molar-refractivity contribution in [3.8, 4) is 0 Å². The molecule has 3 aromatic rings. The molecule has 7 heteroatoms. The lowest BCUT2D eigenvalue weighted by Gasteiger charge is -2.21. The fourth-order valence-corrected chi connectivity index (χ4v) is 3.33. The number of para-hydroxylation sites is 2. The van der Waals surface area contributed by atoms with Gasteiger partial charge >= 0.3 is 11.7 Å². The summed E-state index contributed by atoms with van der Waals surface area (Å²) in [5, 5.41) is 2.92. The third-order valence-corrected chi connectivity index (χ3v) is 4.61. The molecule has 1 aromatic carbocycles. The fourth-order valence-electron chi connectivity index (χ4n) is 3.33. The van der Waals surface area contributed by atoms with Gasteiger partial charge in [-0.1, -0.05) is 12.1 Å². The maximum absolute atomic E-state index is 12.4. The Hall–Kier alpha value is -2.96. The minimum atomic E-state index is -0.159. The van der Waals surface area contributed by atoms with Crippen LogP contribution in [0, 0.1) is 0 Å². The lowest BCUT2D eigenvalue weighted by Crippen LogP contribution is -2.41. The Balaban J connectivity index is 1.39. The molecule has 0 spiro atoms. The number of benzene rings is 1. The van der Waals surface area contributed by atoms with Crippen molar-refractivity contribution in [3.05, 3.63) is 58.4 Å². The van der Waals surface area contributed by atoms with Gasteiger partial charge in [0.05, 0.1) is 23.8 Å². The van der Waals surface area contributed by atoms with E-state index in [1.54, 1.807) is 15.7 Å². The molecule has 25 heavy (non-hydrogen) atoms. The second-order valence-corrected chi connectivity index (χ2v) is 6.22. The van der Waals surface area contributed by atoms with Gasteiger partial charge in [0.1, 0.15) is 5.76 Å². The number of carbonyl (C=O) groups excluding carboxylic acids is 1. The smallest absolute Gasteiger partial charge is 0.326 e. The second kappa shape index (κ2) is 6.51. The topological polar surface area (TPSA) is 83.3 Å². The molecule has 0 fully saturated rings. The number of urea groups is 1. The molecule has 0 radical (unpaired) electrons. The average Bonchev–Trinajstić information content (AvgIpc) is 3.12. The molecular formula is C18H20N4O3. The van der Waals surface area contributed by atoms with Crippen LogP contribution < -0.4 is 11.0 Å². The molecule has 0 bridgehead atoms. The molecule has 2 N–H and O–H groups in total. The number of fused-ring (bicyclic) bond motifs is 2. The van der Waals surface area contributed by atoms with Crippen molar-refractivity contribution >= 4 is 17.1 Å². The van der Waals surface area contributed by atoms with Crippen molar-refractivity contribution in [1.82, 2.24) is 19.8 Å². The molecule has 4 rings (SSSR count). The zero-order valence-electron chi connectivity index (χ0n) is 13.8. The molecule has 1 aliphatic heterocycles. The number of nitrogens with zero attached hydrogens (tertiary/aromatic N) is 2. The van der Waals surface area contributed by atoms with Crippen molar-refractivity contribution < 1.29 is 9.21 Å². The summed E-state index contributed by atoms with van der Waals surface area (Å²) < 4.78 is 7.09. The first-order chi connectivity index (χ1) is 12.2. The van der Waals surface area contributed by atoms with Gasteiger partial charge in [0.25, 0.3) is 0 Å². The summed E-state index contributed by atoms with van der Waals surface area (Å²) >= 11 is 0. The zero-order valence-corrected chi connectivity index (χ0v) is 13.8. The van der Waals surface area contributed by atoms with Gasteiger partial charge in [-0.2, -0.15) is 0 Å². The van der Waals surface area contributed by atoms with E-state index < -0.39 is 0 Å². The Kier molecular flexibility index (Phi) is 4.05. The summed E-state index contributed by atoms with van der Waals surface area (Å²) in [5.41, 5.74) is 2.56. The number of imidazole rings is 1. The third kappa shape index (κ3) is 3.05. The molecular weight excluding hydrogens is 320 g/mol. The SMILES string of the molecule is O=C(NCCn1c(=O)[nH]c2ccccc21)N1CCCc2occc2C1. The molecule has 2 amide bonds. The number of rotatable bonds is 3. The normalized spacial score (nSPS) is 14.3. The van der Waals surface area contributed by atoms with Crippen LogP contribution in [0.5, 0.6) is 0 Å². The Morgan fingerprint density at radius 2 is 2.16 bits per heavy atom. The minimum absolute atomic E-state index is 0.109. The quantitative estimate of drug-likeness (QED) is 0.766. The average molecular weight is 340 g/mol. The highest BCUT2D eigenvalue weighted by atomic mass is 16.3. The number of hydrogen-bond acceptors (Lipinski definition) is 3. The number of hydrogen-bond donors (Lipinski definition) is 2. The van der Waals surface area contributed by atoms with Gasteiger partial charge in [-0.05, 0) is 24.6 Å². The van der Waals surface area contributed by atoms with E-state index in [-0.39, 0.29) is 11.7 Å². The van der Waals surface area contributed by atoms with Crippen LogP contribution in [0.3, 0.4) is 0 Å². The number of carbonyl (C=O) groups is 1. The van der Waals surface area contributed by atoms with Crippen molar-refractivity contribution in [2.24, 2.45) is 0 Å². The summed E-state index contributed by atoms with van der Waals surface area (Å²) in [5.74, 6) is 0.973. The summed E-state index contributed by atoms with van der Waals surface area (Å²) in [4.78, 5) is 29.1. The van der Waals surface area contributed by atoms with E-state index >= 15 is 0 Å². The Labute approximate surface area is 144 Å². The molecule has 0 saturated heterocycles. The molecule has 0 saturated carbocycles. The van der Waals surface area contributed by atoms with E-state index in [2.05, 4.69) is 10.3 Å². The molecule has 3 heterocycles. The molecule has 1 aliphatic rings. The summed E-state index contributed by atoms with van der Waals surface area (Å²) in [6.07, 6.45) is 3.42. The van der Waals surface area contributed by atoms with E-state index in [4.69, 9.17) is 4.42 Å². The number of aryl methyl sites for hydroxylation is 1. The maximum Gasteiger partial charge on any atom is 0.326 e. The lowest BCUT2D eigenvalue weighted by atomic mass is 10.2. The van der Waals surface area contributed by atoms with Gasteiger partial charge in [0.15, 0.2) is 0 Å². The summed E-state index contributed by atoms with van der Waals surface area (Å²) in [7, 11) is 0. The van der Waals surface area contributed by atoms with Crippen LogP contribution in [0.2, 0.25) is 0 Å². The number of aromatic nitrogens is 2. The van der Waals surface area contributed by atoms with Crippen molar-refractivity contribution in [2.75, 3.05) is 13.1 Å². The van der Waals surface area contributed by atoms with Crippen molar-refractivity contribution in [2.45, 2.75) is 25.9 Å². The standard InChI is InChI=1S/C18H20N4O3/c23-17(21-9-3-6-16-13(12-21)7-11-25-16)19-8-10-22-15-5-2-1-4-14(15)20-18(22)24/h1-2,4-5,7,11H,3,6,8-10,12H2,(H,19,23)(H,20,24). The van der Waals surface area contributed by atoms with E-state index in [0.29, 0.717) is 26.2 Å². The van der Waals surface area contributed by atoms with Gasteiger partial charge < -0.3 is 19.6 Å². The maximum atomic E-state index is 12.4. The first-order valence-corrected chi connectivity index (χ1v) is 8.48. The van der Waals surface area contributed by atoms with E-state index in [0.717, 1.165) is 35.2 Å². The van der Waals surface area contributed by atoms with Gasteiger partial charge in [-0.15, -0.1) is 0 Å². The highest BCUT2D eigenvalue weighted by molar-refractivity contribution is 5.75. The van der Waals surface area contributed by atoms with Crippen molar-refractivity contribution in [1.29, 1.82) is 0 Å². The molecule has 130 valence electrons. The van der Waals surface area contributed by atoms with Gasteiger partial charge in [0, 0.05) is 31.6 Å². The largest absolute Gasteiger partial charge is 0.469 e. The van der Waals surface area contributed by atoms with Gasteiger partial charge in [-0.25, -0.2) is 9.59 Å². The zero-order chi connectivity index (χ0) is 17.2. The van der Waals surface area contributed by atoms with Crippen LogP contribution in [0.25, 0.3) is 11.0 Å². The summed E-state index contributed by atoms with van der Waals surface area (Å²) in [6.45, 7) is 2.09. The lowest BCUT2D eigenvalue weighted by molar-refractivity contribution is 0.195. The van der Waals surface area contributed by atoms with Crippen molar-refractivity contribution in [3.63, 3.8) is 0 Å². The number of amides is 2. The minimum Gasteiger partial charge on any atom is -0.469 e. The molecule has 7 nitrogen and oxygen atoms in total. The number of H-pyrrole nitrogens is 1. The number of nitrogens with one attached hydrogen (secondary N) is 2. The molecule has 0 atom stereocenters. The highest BCUT2D eigenvalue weighted by Gasteiger charge is 2.20. The van der Waals surface area contributed by atoms with E-state index in [9.17, 15) is 9.59 Å². The van der Waals surface area contributed by atoms with Crippen LogP contribution in [0.1, 0.15) is 17.7 Å². The monoisotopic (exact) mass is 340 g/mol.